The Morgan fingerprint density at radius 1 is 0.952 bits per heavy atom. The number of hydrogen-bond acceptors (Lipinski definition) is 4. The Hall–Kier alpha value is -0.160. The van der Waals surface area contributed by atoms with Crippen LogP contribution in [0.25, 0.3) is 0 Å². The van der Waals surface area contributed by atoms with E-state index in [1.165, 1.54) is 77.9 Å². The van der Waals surface area contributed by atoms with E-state index in [-0.39, 0.29) is 0 Å². The van der Waals surface area contributed by atoms with Gasteiger partial charge in [-0.2, -0.15) is 0 Å². The standard InChI is InChI=1S/C17H38N4/c1-4-6-17(8-9-18)7-5-10-20-13-15-21(16-14-20)12-11-19(2)3/h17H,4-16,18H2,1-3H3. The van der Waals surface area contributed by atoms with Crippen molar-refractivity contribution in [2.24, 2.45) is 11.7 Å². The Bertz CT molecular complexity index is 231. The van der Waals surface area contributed by atoms with Gasteiger partial charge in [0.1, 0.15) is 0 Å². The van der Waals surface area contributed by atoms with E-state index < -0.39 is 0 Å². The van der Waals surface area contributed by atoms with E-state index in [2.05, 4.69) is 35.7 Å². The Kier molecular flexibility index (Phi) is 10.3. The molecule has 1 atom stereocenters. The lowest BCUT2D eigenvalue weighted by atomic mass is 9.94. The average Bonchev–Trinajstić information content (AvgIpc) is 2.47. The van der Waals surface area contributed by atoms with E-state index in [0.717, 1.165) is 12.5 Å². The fourth-order valence-corrected chi connectivity index (χ4v) is 3.26. The van der Waals surface area contributed by atoms with Crippen LogP contribution in [0.5, 0.6) is 0 Å². The zero-order chi connectivity index (χ0) is 15.5. The van der Waals surface area contributed by atoms with Gasteiger partial charge >= 0.3 is 0 Å². The van der Waals surface area contributed by atoms with Gasteiger partial charge in [-0.15, -0.1) is 0 Å². The molecule has 1 fully saturated rings. The average molecular weight is 299 g/mol. The lowest BCUT2D eigenvalue weighted by Crippen LogP contribution is -2.48. The van der Waals surface area contributed by atoms with E-state index in [4.69, 9.17) is 5.73 Å². The van der Waals surface area contributed by atoms with Crippen molar-refractivity contribution in [1.82, 2.24) is 14.7 Å². The van der Waals surface area contributed by atoms with Crippen LogP contribution in [0.2, 0.25) is 0 Å². The van der Waals surface area contributed by atoms with Crippen molar-refractivity contribution in [3.63, 3.8) is 0 Å². The molecule has 1 rings (SSSR count). The number of nitrogens with zero attached hydrogens (tertiary/aromatic N) is 3. The SMILES string of the molecule is CCCC(CCN)CCCN1CCN(CCN(C)C)CC1. The van der Waals surface area contributed by atoms with Crippen LogP contribution in [0.15, 0.2) is 0 Å². The molecule has 0 spiro atoms. The molecular formula is C17H38N4. The molecule has 0 aromatic rings. The molecule has 1 heterocycles. The monoisotopic (exact) mass is 298 g/mol. The first kappa shape index (κ1) is 18.9. The van der Waals surface area contributed by atoms with Crippen molar-refractivity contribution in [3.8, 4) is 0 Å². The van der Waals surface area contributed by atoms with Crippen LogP contribution in [0, 0.1) is 5.92 Å². The molecule has 1 aliphatic heterocycles. The third-order valence-electron chi connectivity index (χ3n) is 4.69. The van der Waals surface area contributed by atoms with E-state index >= 15 is 0 Å². The van der Waals surface area contributed by atoms with Gasteiger partial charge in [0, 0.05) is 39.3 Å². The lowest BCUT2D eigenvalue weighted by Gasteiger charge is -2.35. The summed E-state index contributed by atoms with van der Waals surface area (Å²) in [5, 5.41) is 0. The zero-order valence-corrected chi connectivity index (χ0v) is 14.7. The Morgan fingerprint density at radius 3 is 2.10 bits per heavy atom. The third-order valence-corrected chi connectivity index (χ3v) is 4.69. The summed E-state index contributed by atoms with van der Waals surface area (Å²) in [6.07, 6.45) is 6.59. The molecule has 126 valence electrons. The van der Waals surface area contributed by atoms with E-state index in [9.17, 15) is 0 Å². The fraction of sp³-hybridized carbons (Fsp3) is 1.00. The highest BCUT2D eigenvalue weighted by Crippen LogP contribution is 2.17. The van der Waals surface area contributed by atoms with Gasteiger partial charge in [0.05, 0.1) is 0 Å². The first-order chi connectivity index (χ1) is 10.2. The van der Waals surface area contributed by atoms with Crippen molar-refractivity contribution in [2.45, 2.75) is 39.0 Å². The van der Waals surface area contributed by atoms with Crippen LogP contribution in [0.4, 0.5) is 0 Å². The van der Waals surface area contributed by atoms with Crippen LogP contribution < -0.4 is 5.73 Å². The van der Waals surface area contributed by atoms with E-state index in [0.29, 0.717) is 0 Å². The molecule has 0 aliphatic carbocycles. The summed E-state index contributed by atoms with van der Waals surface area (Å²) >= 11 is 0. The number of rotatable bonds is 11. The first-order valence-corrected chi connectivity index (χ1v) is 8.95. The molecule has 0 amide bonds. The molecule has 0 saturated carbocycles. The first-order valence-electron chi connectivity index (χ1n) is 8.95. The van der Waals surface area contributed by atoms with Gasteiger partial charge in [-0.1, -0.05) is 19.8 Å². The summed E-state index contributed by atoms with van der Waals surface area (Å²) in [4.78, 5) is 7.53. The predicted octanol–water partition coefficient (Wildman–Crippen LogP) is 1.71. The second-order valence-corrected chi connectivity index (χ2v) is 6.86. The van der Waals surface area contributed by atoms with Crippen LogP contribution in [-0.4, -0.2) is 81.2 Å². The van der Waals surface area contributed by atoms with Crippen LogP contribution >= 0.6 is 0 Å². The second-order valence-electron chi connectivity index (χ2n) is 6.86. The highest BCUT2D eigenvalue weighted by molar-refractivity contribution is 4.73. The summed E-state index contributed by atoms with van der Waals surface area (Å²) < 4.78 is 0. The third kappa shape index (κ3) is 8.77. The van der Waals surface area contributed by atoms with Gasteiger partial charge in [0.15, 0.2) is 0 Å². The van der Waals surface area contributed by atoms with Gasteiger partial charge in [0.25, 0.3) is 0 Å². The number of hydrogen-bond donors (Lipinski definition) is 1. The lowest BCUT2D eigenvalue weighted by molar-refractivity contribution is 0.122. The minimum atomic E-state index is 0.856. The van der Waals surface area contributed by atoms with E-state index in [1.807, 2.05) is 0 Å². The minimum absolute atomic E-state index is 0.856. The Labute approximate surface area is 132 Å². The summed E-state index contributed by atoms with van der Waals surface area (Å²) in [5.74, 6) is 0.862. The van der Waals surface area contributed by atoms with Crippen molar-refractivity contribution >= 4 is 0 Å². The molecule has 4 heteroatoms. The quantitative estimate of drug-likeness (QED) is 0.630. The molecule has 21 heavy (non-hydrogen) atoms. The van der Waals surface area contributed by atoms with E-state index in [1.54, 1.807) is 0 Å². The highest BCUT2D eigenvalue weighted by Gasteiger charge is 2.16. The highest BCUT2D eigenvalue weighted by atomic mass is 15.3. The topological polar surface area (TPSA) is 35.7 Å². The molecule has 0 aromatic heterocycles. The summed E-state index contributed by atoms with van der Waals surface area (Å²) in [7, 11) is 4.31. The maximum absolute atomic E-state index is 5.72. The molecule has 4 nitrogen and oxygen atoms in total. The Morgan fingerprint density at radius 2 is 1.57 bits per heavy atom. The van der Waals surface area contributed by atoms with Crippen molar-refractivity contribution < 1.29 is 0 Å². The molecule has 2 N–H and O–H groups in total. The maximum Gasteiger partial charge on any atom is 0.0110 e. The van der Waals surface area contributed by atoms with Crippen molar-refractivity contribution in [3.05, 3.63) is 0 Å². The molecule has 0 bridgehead atoms. The van der Waals surface area contributed by atoms with Gasteiger partial charge in [-0.05, 0) is 52.4 Å². The van der Waals surface area contributed by atoms with Gasteiger partial charge in [0.2, 0.25) is 0 Å². The summed E-state index contributed by atoms with van der Waals surface area (Å²) in [6, 6.07) is 0. The molecule has 1 aliphatic rings. The minimum Gasteiger partial charge on any atom is -0.330 e. The Balaban J connectivity index is 2.09. The van der Waals surface area contributed by atoms with Crippen LogP contribution in [0.1, 0.15) is 39.0 Å². The molecule has 0 radical (unpaired) electrons. The summed E-state index contributed by atoms with van der Waals surface area (Å²) in [5.41, 5.74) is 5.72. The largest absolute Gasteiger partial charge is 0.330 e. The van der Waals surface area contributed by atoms with Gasteiger partial charge in [-0.3, -0.25) is 4.90 Å². The van der Waals surface area contributed by atoms with Gasteiger partial charge in [-0.25, -0.2) is 0 Å². The molecule has 0 aromatic carbocycles. The number of nitrogens with two attached hydrogens (primary N) is 1. The van der Waals surface area contributed by atoms with Crippen LogP contribution in [-0.2, 0) is 0 Å². The molecule has 1 saturated heterocycles. The fourth-order valence-electron chi connectivity index (χ4n) is 3.26. The van der Waals surface area contributed by atoms with Crippen molar-refractivity contribution in [2.75, 3.05) is 66.5 Å². The van der Waals surface area contributed by atoms with Crippen molar-refractivity contribution in [1.29, 1.82) is 0 Å². The zero-order valence-electron chi connectivity index (χ0n) is 14.7. The molecule has 1 unspecified atom stereocenters. The van der Waals surface area contributed by atoms with Crippen LogP contribution in [0.3, 0.4) is 0 Å². The smallest absolute Gasteiger partial charge is 0.0110 e. The number of piperazine rings is 1. The summed E-state index contributed by atoms with van der Waals surface area (Å²) in [6.45, 7) is 11.8. The predicted molar refractivity (Wildman–Crippen MR) is 92.7 cm³/mol. The molecular weight excluding hydrogens is 260 g/mol. The normalized spacial score (nSPS) is 19.3. The van der Waals surface area contributed by atoms with Gasteiger partial charge < -0.3 is 15.5 Å². The second kappa shape index (κ2) is 11.4. The number of likely N-dealkylation sites (N-methyl/N-ethyl adjacent to an activating group) is 1. The maximum atomic E-state index is 5.72.